The molecule has 1 atom stereocenters. The highest BCUT2D eigenvalue weighted by Crippen LogP contribution is 2.17. The Labute approximate surface area is 90.6 Å². The number of nitrogens with one attached hydrogen (secondary N) is 1. The van der Waals surface area contributed by atoms with Gasteiger partial charge in [-0.25, -0.2) is 0 Å². The van der Waals surface area contributed by atoms with Crippen LogP contribution in [0.15, 0.2) is 0 Å². The maximum absolute atomic E-state index is 11.9. The molecule has 82 valence electrons. The summed E-state index contributed by atoms with van der Waals surface area (Å²) in [6.07, 6.45) is 2.07. The molecule has 3 nitrogen and oxygen atoms in total. The first kappa shape index (κ1) is 11.9. The Kier molecular flexibility index (Phi) is 4.75. The quantitative estimate of drug-likeness (QED) is 0.733. The predicted molar refractivity (Wildman–Crippen MR) is 61.5 cm³/mol. The molecule has 1 unspecified atom stereocenters. The van der Waals surface area contributed by atoms with E-state index in [0.29, 0.717) is 11.8 Å². The highest BCUT2D eigenvalue weighted by atomic mass is 32.2. The van der Waals surface area contributed by atoms with Gasteiger partial charge in [0.25, 0.3) is 0 Å². The molecule has 4 heteroatoms. The van der Waals surface area contributed by atoms with Gasteiger partial charge in [0.15, 0.2) is 0 Å². The van der Waals surface area contributed by atoms with E-state index in [0.717, 1.165) is 25.4 Å². The second-order valence-corrected chi connectivity index (χ2v) is 4.95. The summed E-state index contributed by atoms with van der Waals surface area (Å²) in [4.78, 5) is 13.7. The standard InChI is InChI=1S/C10H20N2OS/c1-8(9-6-11-7-9)10(13)12(2)4-5-14-3/h8-9,11H,4-7H2,1-3H3. The van der Waals surface area contributed by atoms with Gasteiger partial charge >= 0.3 is 0 Å². The van der Waals surface area contributed by atoms with Gasteiger partial charge in [0.1, 0.15) is 0 Å². The fourth-order valence-electron chi connectivity index (χ4n) is 1.55. The van der Waals surface area contributed by atoms with Crippen molar-refractivity contribution in [2.75, 3.05) is 38.7 Å². The van der Waals surface area contributed by atoms with E-state index in [1.165, 1.54) is 0 Å². The van der Waals surface area contributed by atoms with Crippen LogP contribution in [-0.4, -0.2) is 49.5 Å². The third-order valence-electron chi connectivity index (χ3n) is 2.92. The number of rotatable bonds is 5. The van der Waals surface area contributed by atoms with E-state index in [-0.39, 0.29) is 5.92 Å². The Balaban J connectivity index is 2.30. The van der Waals surface area contributed by atoms with Crippen molar-refractivity contribution in [1.29, 1.82) is 0 Å². The maximum Gasteiger partial charge on any atom is 0.225 e. The molecule has 0 aromatic heterocycles. The summed E-state index contributed by atoms with van der Waals surface area (Å²) in [7, 11) is 1.90. The van der Waals surface area contributed by atoms with Crippen LogP contribution in [0.3, 0.4) is 0 Å². The molecule has 0 spiro atoms. The smallest absolute Gasteiger partial charge is 0.225 e. The highest BCUT2D eigenvalue weighted by Gasteiger charge is 2.30. The first-order valence-electron chi connectivity index (χ1n) is 5.11. The van der Waals surface area contributed by atoms with Gasteiger partial charge in [-0.15, -0.1) is 0 Å². The molecule has 1 amide bonds. The van der Waals surface area contributed by atoms with Crippen molar-refractivity contribution in [1.82, 2.24) is 10.2 Å². The number of carbonyl (C=O) groups excluding carboxylic acids is 1. The second kappa shape index (κ2) is 5.61. The molecule has 1 N–H and O–H groups in total. The zero-order valence-electron chi connectivity index (χ0n) is 9.25. The average Bonchev–Trinajstić information content (AvgIpc) is 2.10. The Morgan fingerprint density at radius 1 is 1.64 bits per heavy atom. The average molecular weight is 216 g/mol. The fraction of sp³-hybridized carbons (Fsp3) is 0.900. The fourth-order valence-corrected chi connectivity index (χ4v) is 2.01. The predicted octanol–water partition coefficient (Wildman–Crippen LogP) is 0.663. The van der Waals surface area contributed by atoms with Crippen LogP contribution >= 0.6 is 11.8 Å². The van der Waals surface area contributed by atoms with Gasteiger partial charge in [-0.2, -0.15) is 11.8 Å². The molecule has 0 bridgehead atoms. The minimum Gasteiger partial charge on any atom is -0.345 e. The summed E-state index contributed by atoms with van der Waals surface area (Å²) in [6, 6.07) is 0. The Hall–Kier alpha value is -0.220. The monoisotopic (exact) mass is 216 g/mol. The zero-order valence-corrected chi connectivity index (χ0v) is 10.1. The molecule has 0 aliphatic carbocycles. The van der Waals surface area contributed by atoms with Crippen LogP contribution < -0.4 is 5.32 Å². The molecule has 0 aromatic rings. The van der Waals surface area contributed by atoms with Gasteiger partial charge in [0.05, 0.1) is 0 Å². The third kappa shape index (κ3) is 2.89. The van der Waals surface area contributed by atoms with Crippen molar-refractivity contribution in [3.05, 3.63) is 0 Å². The van der Waals surface area contributed by atoms with Crippen molar-refractivity contribution in [2.45, 2.75) is 6.92 Å². The lowest BCUT2D eigenvalue weighted by Crippen LogP contribution is -2.50. The molecule has 0 aromatic carbocycles. The SMILES string of the molecule is CSCCN(C)C(=O)C(C)C1CNC1. The van der Waals surface area contributed by atoms with E-state index < -0.39 is 0 Å². The van der Waals surface area contributed by atoms with Crippen LogP contribution in [0.2, 0.25) is 0 Å². The molecule has 1 aliphatic rings. The van der Waals surface area contributed by atoms with Gasteiger partial charge in [0, 0.05) is 25.3 Å². The van der Waals surface area contributed by atoms with Gasteiger partial charge in [-0.05, 0) is 25.3 Å². The van der Waals surface area contributed by atoms with Gasteiger partial charge in [-0.3, -0.25) is 4.79 Å². The highest BCUT2D eigenvalue weighted by molar-refractivity contribution is 7.98. The molecule has 14 heavy (non-hydrogen) atoms. The second-order valence-electron chi connectivity index (χ2n) is 3.96. The van der Waals surface area contributed by atoms with Crippen molar-refractivity contribution < 1.29 is 4.79 Å². The summed E-state index contributed by atoms with van der Waals surface area (Å²) in [5.74, 6) is 2.06. The number of hydrogen-bond donors (Lipinski definition) is 1. The first-order chi connectivity index (χ1) is 6.66. The van der Waals surface area contributed by atoms with Crippen molar-refractivity contribution in [3.8, 4) is 0 Å². The number of hydrogen-bond acceptors (Lipinski definition) is 3. The van der Waals surface area contributed by atoms with Crippen molar-refractivity contribution in [2.24, 2.45) is 11.8 Å². The molecule has 1 heterocycles. The van der Waals surface area contributed by atoms with Crippen LogP contribution in [0.5, 0.6) is 0 Å². The van der Waals surface area contributed by atoms with Crippen molar-refractivity contribution in [3.63, 3.8) is 0 Å². The number of amides is 1. The maximum atomic E-state index is 11.9. The van der Waals surface area contributed by atoms with E-state index in [1.807, 2.05) is 18.9 Å². The van der Waals surface area contributed by atoms with E-state index >= 15 is 0 Å². The van der Waals surface area contributed by atoms with E-state index in [9.17, 15) is 4.79 Å². The number of carbonyl (C=O) groups is 1. The van der Waals surface area contributed by atoms with Crippen LogP contribution in [-0.2, 0) is 4.79 Å². The van der Waals surface area contributed by atoms with Gasteiger partial charge in [-0.1, -0.05) is 6.92 Å². The molecule has 0 radical (unpaired) electrons. The van der Waals surface area contributed by atoms with Crippen LogP contribution in [0, 0.1) is 11.8 Å². The van der Waals surface area contributed by atoms with Gasteiger partial charge in [0.2, 0.25) is 5.91 Å². The van der Waals surface area contributed by atoms with Crippen LogP contribution in [0.1, 0.15) is 6.92 Å². The normalized spacial score (nSPS) is 18.8. The van der Waals surface area contributed by atoms with E-state index in [1.54, 1.807) is 11.8 Å². The summed E-state index contributed by atoms with van der Waals surface area (Å²) in [6.45, 7) is 4.92. The summed E-state index contributed by atoms with van der Waals surface area (Å²) in [5, 5.41) is 3.20. The number of nitrogens with zero attached hydrogens (tertiary/aromatic N) is 1. The van der Waals surface area contributed by atoms with Crippen LogP contribution in [0.25, 0.3) is 0 Å². The summed E-state index contributed by atoms with van der Waals surface area (Å²) in [5.41, 5.74) is 0. The minimum absolute atomic E-state index is 0.183. The molecular weight excluding hydrogens is 196 g/mol. The molecule has 1 aliphatic heterocycles. The molecule has 0 saturated carbocycles. The minimum atomic E-state index is 0.183. The Bertz CT molecular complexity index is 195. The van der Waals surface area contributed by atoms with Gasteiger partial charge < -0.3 is 10.2 Å². The lowest BCUT2D eigenvalue weighted by molar-refractivity contribution is -0.135. The Morgan fingerprint density at radius 2 is 2.29 bits per heavy atom. The first-order valence-corrected chi connectivity index (χ1v) is 6.50. The molecular formula is C10H20N2OS. The molecule has 1 saturated heterocycles. The largest absolute Gasteiger partial charge is 0.345 e. The van der Waals surface area contributed by atoms with Crippen LogP contribution in [0.4, 0.5) is 0 Å². The van der Waals surface area contributed by atoms with E-state index in [2.05, 4.69) is 11.6 Å². The molecule has 1 rings (SSSR count). The number of thioether (sulfide) groups is 1. The zero-order chi connectivity index (χ0) is 10.6. The molecule has 1 fully saturated rings. The third-order valence-corrected chi connectivity index (χ3v) is 3.51. The van der Waals surface area contributed by atoms with Crippen molar-refractivity contribution >= 4 is 17.7 Å². The lowest BCUT2D eigenvalue weighted by atomic mass is 9.88. The Morgan fingerprint density at radius 3 is 2.71 bits per heavy atom. The lowest BCUT2D eigenvalue weighted by Gasteiger charge is -2.33. The summed E-state index contributed by atoms with van der Waals surface area (Å²) < 4.78 is 0. The topological polar surface area (TPSA) is 32.3 Å². The van der Waals surface area contributed by atoms with E-state index in [4.69, 9.17) is 0 Å². The summed E-state index contributed by atoms with van der Waals surface area (Å²) >= 11 is 1.78.